The van der Waals surface area contributed by atoms with Crippen molar-refractivity contribution in [1.82, 2.24) is 0 Å². The highest BCUT2D eigenvalue weighted by atomic mass is 14.3. The third-order valence-electron chi connectivity index (χ3n) is 4.22. The first-order valence-corrected chi connectivity index (χ1v) is 8.14. The van der Waals surface area contributed by atoms with Gasteiger partial charge in [-0.2, -0.15) is 0 Å². The molecule has 0 heteroatoms. The van der Waals surface area contributed by atoms with E-state index in [9.17, 15) is 0 Å². The summed E-state index contributed by atoms with van der Waals surface area (Å²) >= 11 is 0. The van der Waals surface area contributed by atoms with Crippen LogP contribution in [0.4, 0.5) is 0 Å². The summed E-state index contributed by atoms with van der Waals surface area (Å²) in [6, 6.07) is 0. The Morgan fingerprint density at radius 1 is 0.944 bits per heavy atom. The van der Waals surface area contributed by atoms with Crippen LogP contribution in [0.25, 0.3) is 0 Å². The molecule has 18 heavy (non-hydrogen) atoms. The lowest BCUT2D eigenvalue weighted by Gasteiger charge is -2.33. The zero-order chi connectivity index (χ0) is 13.3. The number of unbranched alkanes of at least 4 members (excludes halogenated alkanes) is 3. The third-order valence-corrected chi connectivity index (χ3v) is 4.22. The van der Waals surface area contributed by atoms with Crippen LogP contribution in [0.1, 0.15) is 85.0 Å². The number of rotatable bonds is 9. The zero-order valence-electron chi connectivity index (χ0n) is 12.8. The average molecular weight is 248 g/mol. The molecule has 0 fully saturated rings. The van der Waals surface area contributed by atoms with Crippen molar-refractivity contribution in [1.29, 1.82) is 0 Å². The Morgan fingerprint density at radius 3 is 2.11 bits per heavy atom. The standard InChI is InChI=1S/C18H32/c1-4-7-11-17-12-10-15-18(16-17,13-8-5-2)14-9-6-3/h10,12,16H,4-9,11,13-15H2,1-3H3. The van der Waals surface area contributed by atoms with Gasteiger partial charge in [-0.3, -0.25) is 0 Å². The van der Waals surface area contributed by atoms with Crippen molar-refractivity contribution in [3.05, 3.63) is 23.8 Å². The molecule has 1 rings (SSSR count). The molecular weight excluding hydrogens is 216 g/mol. The van der Waals surface area contributed by atoms with Crippen LogP contribution in [0.3, 0.4) is 0 Å². The summed E-state index contributed by atoms with van der Waals surface area (Å²) < 4.78 is 0. The van der Waals surface area contributed by atoms with Crippen LogP contribution >= 0.6 is 0 Å². The maximum Gasteiger partial charge on any atom is -0.00779 e. The molecule has 1 aliphatic carbocycles. The van der Waals surface area contributed by atoms with Gasteiger partial charge in [0.15, 0.2) is 0 Å². The Labute approximate surface area is 115 Å². The highest BCUT2D eigenvalue weighted by Gasteiger charge is 2.27. The first-order chi connectivity index (χ1) is 8.76. The summed E-state index contributed by atoms with van der Waals surface area (Å²) in [4.78, 5) is 0. The molecule has 0 heterocycles. The van der Waals surface area contributed by atoms with Gasteiger partial charge < -0.3 is 0 Å². The molecule has 0 spiro atoms. The maximum absolute atomic E-state index is 2.65. The minimum absolute atomic E-state index is 0.504. The van der Waals surface area contributed by atoms with Crippen LogP contribution in [0.15, 0.2) is 23.8 Å². The lowest BCUT2D eigenvalue weighted by molar-refractivity contribution is 0.301. The molecule has 0 aromatic heterocycles. The lowest BCUT2D eigenvalue weighted by Crippen LogP contribution is -2.20. The van der Waals surface area contributed by atoms with Gasteiger partial charge in [-0.05, 0) is 37.5 Å². The van der Waals surface area contributed by atoms with Crippen molar-refractivity contribution in [2.45, 2.75) is 85.0 Å². The molecule has 104 valence electrons. The second-order valence-corrected chi connectivity index (χ2v) is 6.00. The largest absolute Gasteiger partial charge is 0.0834 e. The number of hydrogen-bond donors (Lipinski definition) is 0. The van der Waals surface area contributed by atoms with Crippen LogP contribution in [0.5, 0.6) is 0 Å². The van der Waals surface area contributed by atoms with E-state index in [-0.39, 0.29) is 0 Å². The molecule has 0 aliphatic heterocycles. The third kappa shape index (κ3) is 5.00. The van der Waals surface area contributed by atoms with E-state index < -0.39 is 0 Å². The smallest absolute Gasteiger partial charge is 0.00779 e. The summed E-state index contributed by atoms with van der Waals surface area (Å²) in [7, 11) is 0. The van der Waals surface area contributed by atoms with Gasteiger partial charge in [0.2, 0.25) is 0 Å². The first-order valence-electron chi connectivity index (χ1n) is 8.14. The second-order valence-electron chi connectivity index (χ2n) is 6.00. The topological polar surface area (TPSA) is 0 Å². The molecule has 0 unspecified atom stereocenters. The monoisotopic (exact) mass is 248 g/mol. The van der Waals surface area contributed by atoms with E-state index in [1.54, 1.807) is 5.57 Å². The summed E-state index contributed by atoms with van der Waals surface area (Å²) in [5, 5.41) is 0. The Kier molecular flexibility index (Phi) is 7.39. The summed E-state index contributed by atoms with van der Waals surface area (Å²) in [6.07, 6.45) is 20.9. The molecular formula is C18H32. The van der Waals surface area contributed by atoms with Crippen LogP contribution in [0, 0.1) is 5.41 Å². The quantitative estimate of drug-likeness (QED) is 0.441. The Morgan fingerprint density at radius 2 is 1.56 bits per heavy atom. The van der Waals surface area contributed by atoms with Crippen molar-refractivity contribution >= 4 is 0 Å². The molecule has 0 amide bonds. The van der Waals surface area contributed by atoms with Crippen LogP contribution in [0.2, 0.25) is 0 Å². The number of allylic oxidation sites excluding steroid dienone is 4. The molecule has 0 nitrogen and oxygen atoms in total. The minimum Gasteiger partial charge on any atom is -0.0834 e. The molecule has 0 N–H and O–H groups in total. The van der Waals surface area contributed by atoms with Crippen molar-refractivity contribution in [2.75, 3.05) is 0 Å². The van der Waals surface area contributed by atoms with Crippen molar-refractivity contribution in [2.24, 2.45) is 5.41 Å². The second kappa shape index (κ2) is 8.56. The molecule has 0 saturated heterocycles. The fourth-order valence-electron chi connectivity index (χ4n) is 3.01. The first kappa shape index (κ1) is 15.5. The van der Waals surface area contributed by atoms with Crippen molar-refractivity contribution in [3.8, 4) is 0 Å². The maximum atomic E-state index is 2.65. The van der Waals surface area contributed by atoms with Gasteiger partial charge in [-0.25, -0.2) is 0 Å². The van der Waals surface area contributed by atoms with E-state index in [2.05, 4.69) is 39.0 Å². The van der Waals surface area contributed by atoms with E-state index in [1.165, 1.54) is 64.2 Å². The molecule has 0 aromatic rings. The van der Waals surface area contributed by atoms with Gasteiger partial charge in [0.25, 0.3) is 0 Å². The van der Waals surface area contributed by atoms with Crippen LogP contribution < -0.4 is 0 Å². The predicted molar refractivity (Wildman–Crippen MR) is 82.8 cm³/mol. The van der Waals surface area contributed by atoms with Crippen LogP contribution in [-0.2, 0) is 0 Å². The Hall–Kier alpha value is -0.520. The Balaban J connectivity index is 2.68. The summed E-state index contributed by atoms with van der Waals surface area (Å²) in [6.45, 7) is 6.91. The van der Waals surface area contributed by atoms with Gasteiger partial charge in [0, 0.05) is 0 Å². The summed E-state index contributed by atoms with van der Waals surface area (Å²) in [5.41, 5.74) is 2.11. The predicted octanol–water partition coefficient (Wildman–Crippen LogP) is 6.43. The molecule has 0 atom stereocenters. The molecule has 0 radical (unpaired) electrons. The van der Waals surface area contributed by atoms with E-state index in [1.807, 2.05) is 0 Å². The fourth-order valence-corrected chi connectivity index (χ4v) is 3.01. The highest BCUT2D eigenvalue weighted by molar-refractivity contribution is 5.27. The van der Waals surface area contributed by atoms with Gasteiger partial charge >= 0.3 is 0 Å². The van der Waals surface area contributed by atoms with E-state index in [0.29, 0.717) is 5.41 Å². The minimum atomic E-state index is 0.504. The molecule has 0 saturated carbocycles. The fraction of sp³-hybridized carbons (Fsp3) is 0.778. The van der Waals surface area contributed by atoms with E-state index in [4.69, 9.17) is 0 Å². The molecule has 0 bridgehead atoms. The van der Waals surface area contributed by atoms with Gasteiger partial charge in [0.1, 0.15) is 0 Å². The zero-order valence-corrected chi connectivity index (χ0v) is 12.8. The highest BCUT2D eigenvalue weighted by Crippen LogP contribution is 2.41. The normalized spacial score (nSPS) is 17.8. The summed E-state index contributed by atoms with van der Waals surface area (Å²) in [5.74, 6) is 0. The van der Waals surface area contributed by atoms with Gasteiger partial charge in [-0.15, -0.1) is 0 Å². The van der Waals surface area contributed by atoms with Crippen molar-refractivity contribution in [3.63, 3.8) is 0 Å². The lowest BCUT2D eigenvalue weighted by atomic mass is 9.72. The van der Waals surface area contributed by atoms with E-state index >= 15 is 0 Å². The van der Waals surface area contributed by atoms with E-state index in [0.717, 1.165) is 0 Å². The molecule has 0 aromatic carbocycles. The van der Waals surface area contributed by atoms with Gasteiger partial charge in [0.05, 0.1) is 0 Å². The van der Waals surface area contributed by atoms with Gasteiger partial charge in [-0.1, -0.05) is 76.7 Å². The number of hydrogen-bond acceptors (Lipinski definition) is 0. The Bertz CT molecular complexity index is 262. The van der Waals surface area contributed by atoms with Crippen molar-refractivity contribution < 1.29 is 0 Å². The van der Waals surface area contributed by atoms with Crippen LogP contribution in [-0.4, -0.2) is 0 Å². The average Bonchev–Trinajstić information content (AvgIpc) is 2.41. The molecule has 1 aliphatic rings. The SMILES string of the molecule is CCCCC1=CC(CCCC)(CCCC)CC=C1.